The average molecular weight is 384 g/mol. The highest BCUT2D eigenvalue weighted by molar-refractivity contribution is 9.10. The summed E-state index contributed by atoms with van der Waals surface area (Å²) in [6.07, 6.45) is 1.46. The van der Waals surface area contributed by atoms with E-state index in [-0.39, 0.29) is 24.6 Å². The molecule has 3 N–H and O–H groups in total. The smallest absolute Gasteiger partial charge is 0.349 e. The first kappa shape index (κ1) is 18.7. The summed E-state index contributed by atoms with van der Waals surface area (Å²) in [6, 6.07) is 7.36. The maximum absolute atomic E-state index is 11.8. The monoisotopic (exact) mass is 383 g/mol. The van der Waals surface area contributed by atoms with Gasteiger partial charge >= 0.3 is 5.97 Å². The van der Waals surface area contributed by atoms with Crippen LogP contribution in [0.2, 0.25) is 0 Å². The van der Waals surface area contributed by atoms with Crippen LogP contribution in [0.25, 0.3) is 0 Å². The summed E-state index contributed by atoms with van der Waals surface area (Å²) in [5.41, 5.74) is 6.13. The molecule has 0 bridgehead atoms. The predicted octanol–water partition coefficient (Wildman–Crippen LogP) is 2.51. The molecule has 0 radical (unpaired) electrons. The molecule has 0 aliphatic rings. The van der Waals surface area contributed by atoms with Crippen molar-refractivity contribution in [2.75, 3.05) is 13.2 Å². The van der Waals surface area contributed by atoms with Crippen LogP contribution in [-0.4, -0.2) is 36.3 Å². The molecule has 0 aliphatic carbocycles. The quantitative estimate of drug-likeness (QED) is 0.188. The van der Waals surface area contributed by atoms with Crippen LogP contribution in [0.1, 0.15) is 19.4 Å². The maximum atomic E-state index is 11.8. The number of halogens is 1. The number of aliphatic hydroxyl groups excluding tert-OH is 1. The second kappa shape index (κ2) is 9.62. The fourth-order valence-corrected chi connectivity index (χ4v) is 1.93. The summed E-state index contributed by atoms with van der Waals surface area (Å²) in [6.45, 7) is 3.56. The third-order valence-corrected chi connectivity index (χ3v) is 2.94. The molecule has 1 aromatic carbocycles. The molecular weight excluding hydrogens is 366 g/mol. The van der Waals surface area contributed by atoms with Crippen LogP contribution in [0.15, 0.2) is 50.5 Å². The second-order valence-electron chi connectivity index (χ2n) is 4.12. The second-order valence-corrected chi connectivity index (χ2v) is 5.03. The Balaban J connectivity index is 3.02. The van der Waals surface area contributed by atoms with Gasteiger partial charge in [-0.15, -0.1) is 5.10 Å². The Morgan fingerprint density at radius 3 is 2.65 bits per heavy atom. The van der Waals surface area contributed by atoms with Crippen LogP contribution >= 0.6 is 15.9 Å². The van der Waals surface area contributed by atoms with Gasteiger partial charge in [0.15, 0.2) is 11.4 Å². The highest BCUT2D eigenvalue weighted by Gasteiger charge is 2.22. The number of nitrogens with zero attached hydrogens (tertiary/aromatic N) is 2. The molecule has 8 heteroatoms. The largest absolute Gasteiger partial charge is 0.480 e. The van der Waals surface area contributed by atoms with Crippen LogP contribution in [0.4, 0.5) is 0 Å². The number of hydrogen-bond donors (Lipinski definition) is 2. The molecule has 0 saturated carbocycles. The standard InChI is InChI=1S/C15H18BrN3O4/c1-3-22-14(20)12(15(21)23-4-2)13(17)19-18-9-10-6-5-7-11(16)8-10/h5-9,20H,3-4H2,1-2H3,(H2,17,19)/b14-12-,18-9-. The van der Waals surface area contributed by atoms with Gasteiger partial charge < -0.3 is 20.3 Å². The van der Waals surface area contributed by atoms with E-state index in [2.05, 4.69) is 26.1 Å². The van der Waals surface area contributed by atoms with E-state index in [0.717, 1.165) is 10.0 Å². The molecule has 0 saturated heterocycles. The Hall–Kier alpha value is -2.35. The normalized spacial score (nSPS) is 12.9. The molecule has 0 aliphatic heterocycles. The molecule has 0 unspecified atom stereocenters. The Kier molecular flexibility index (Phi) is 7.82. The molecule has 124 valence electrons. The summed E-state index contributed by atoms with van der Waals surface area (Å²) in [4.78, 5) is 11.8. The van der Waals surface area contributed by atoms with Crippen LogP contribution in [0.5, 0.6) is 0 Å². The van der Waals surface area contributed by atoms with Gasteiger partial charge in [0.05, 0.1) is 19.4 Å². The van der Waals surface area contributed by atoms with Crippen LogP contribution in [0.3, 0.4) is 0 Å². The number of hydrogen-bond acceptors (Lipinski definition) is 6. The lowest BCUT2D eigenvalue weighted by molar-refractivity contribution is -0.138. The summed E-state index contributed by atoms with van der Waals surface area (Å²) >= 11 is 3.34. The molecule has 0 fully saturated rings. The number of benzene rings is 1. The van der Waals surface area contributed by atoms with Gasteiger partial charge in [-0.05, 0) is 31.5 Å². The first-order chi connectivity index (χ1) is 11.0. The van der Waals surface area contributed by atoms with Crippen molar-refractivity contribution in [3.05, 3.63) is 45.8 Å². The Morgan fingerprint density at radius 2 is 2.04 bits per heavy atom. The molecule has 0 atom stereocenters. The summed E-state index contributed by atoms with van der Waals surface area (Å²) in [5.74, 6) is -1.79. The van der Waals surface area contributed by atoms with Gasteiger partial charge in [0.2, 0.25) is 0 Å². The number of ether oxygens (including phenoxy) is 2. The zero-order valence-corrected chi connectivity index (χ0v) is 14.4. The van der Waals surface area contributed by atoms with Crippen molar-refractivity contribution in [2.45, 2.75) is 13.8 Å². The molecule has 1 aromatic rings. The molecular formula is C15H18BrN3O4. The summed E-state index contributed by atoms with van der Waals surface area (Å²) in [7, 11) is 0. The van der Waals surface area contributed by atoms with Crippen molar-refractivity contribution in [3.63, 3.8) is 0 Å². The van der Waals surface area contributed by atoms with E-state index in [4.69, 9.17) is 15.2 Å². The number of nitrogens with two attached hydrogens (primary N) is 1. The third kappa shape index (κ3) is 6.11. The lowest BCUT2D eigenvalue weighted by atomic mass is 10.2. The highest BCUT2D eigenvalue weighted by atomic mass is 79.9. The van der Waals surface area contributed by atoms with Gasteiger partial charge in [-0.2, -0.15) is 5.10 Å². The lowest BCUT2D eigenvalue weighted by Crippen LogP contribution is -2.25. The number of aliphatic hydroxyl groups is 1. The Bertz CT molecular complexity index is 641. The van der Waals surface area contributed by atoms with Crippen LogP contribution in [0, 0.1) is 0 Å². The topological polar surface area (TPSA) is 106 Å². The van der Waals surface area contributed by atoms with E-state index >= 15 is 0 Å². The number of esters is 1. The van der Waals surface area contributed by atoms with Crippen molar-refractivity contribution in [1.82, 2.24) is 0 Å². The van der Waals surface area contributed by atoms with Crippen molar-refractivity contribution >= 4 is 33.9 Å². The Morgan fingerprint density at radius 1 is 1.35 bits per heavy atom. The lowest BCUT2D eigenvalue weighted by Gasteiger charge is -2.08. The molecule has 23 heavy (non-hydrogen) atoms. The molecule has 0 amide bonds. The molecule has 1 rings (SSSR count). The van der Waals surface area contributed by atoms with Crippen molar-refractivity contribution < 1.29 is 19.4 Å². The predicted molar refractivity (Wildman–Crippen MR) is 91.3 cm³/mol. The summed E-state index contributed by atoms with van der Waals surface area (Å²) < 4.78 is 10.6. The number of carbonyl (C=O) groups is 1. The minimum Gasteiger partial charge on any atom is -0.480 e. The molecule has 0 spiro atoms. The van der Waals surface area contributed by atoms with Crippen LogP contribution < -0.4 is 5.73 Å². The van der Waals surface area contributed by atoms with Gasteiger partial charge in [-0.1, -0.05) is 28.1 Å². The first-order valence-corrected chi connectivity index (χ1v) is 7.64. The van der Waals surface area contributed by atoms with Crippen molar-refractivity contribution in [1.29, 1.82) is 0 Å². The Labute approximate surface area is 142 Å². The van der Waals surface area contributed by atoms with Gasteiger partial charge in [0.1, 0.15) is 0 Å². The SMILES string of the molecule is CCOC(=O)C(=C(/O)OCC)/C(N)=N\N=C/c1cccc(Br)c1. The maximum Gasteiger partial charge on any atom is 0.349 e. The van der Waals surface area contributed by atoms with E-state index in [9.17, 15) is 9.90 Å². The zero-order valence-electron chi connectivity index (χ0n) is 12.8. The van der Waals surface area contributed by atoms with E-state index in [1.165, 1.54) is 6.21 Å². The van der Waals surface area contributed by atoms with Gasteiger partial charge in [0.25, 0.3) is 5.95 Å². The van der Waals surface area contributed by atoms with Crippen LogP contribution in [-0.2, 0) is 14.3 Å². The van der Waals surface area contributed by atoms with Crippen molar-refractivity contribution in [3.8, 4) is 0 Å². The minimum atomic E-state index is -0.836. The number of rotatable bonds is 7. The van der Waals surface area contributed by atoms with E-state index in [1.807, 2.05) is 24.3 Å². The van der Waals surface area contributed by atoms with Gasteiger partial charge in [-0.3, -0.25) is 0 Å². The van der Waals surface area contributed by atoms with E-state index < -0.39 is 11.9 Å². The van der Waals surface area contributed by atoms with Gasteiger partial charge in [0, 0.05) is 4.47 Å². The van der Waals surface area contributed by atoms with Gasteiger partial charge in [-0.25, -0.2) is 4.79 Å². The highest BCUT2D eigenvalue weighted by Crippen LogP contribution is 2.10. The third-order valence-electron chi connectivity index (χ3n) is 2.45. The average Bonchev–Trinajstić information content (AvgIpc) is 2.48. The van der Waals surface area contributed by atoms with E-state index in [1.54, 1.807) is 13.8 Å². The number of carbonyl (C=O) groups excluding carboxylic acids is 1. The molecule has 0 aromatic heterocycles. The number of amidine groups is 1. The fraction of sp³-hybridized carbons (Fsp3) is 0.267. The zero-order chi connectivity index (χ0) is 17.2. The van der Waals surface area contributed by atoms with E-state index in [0.29, 0.717) is 0 Å². The first-order valence-electron chi connectivity index (χ1n) is 6.85. The molecule has 7 nitrogen and oxygen atoms in total. The summed E-state index contributed by atoms with van der Waals surface area (Å²) in [5, 5.41) is 17.3. The fourth-order valence-electron chi connectivity index (χ4n) is 1.51. The minimum absolute atomic E-state index is 0.121. The van der Waals surface area contributed by atoms with Crippen molar-refractivity contribution in [2.24, 2.45) is 15.9 Å². The molecule has 0 heterocycles.